The van der Waals surface area contributed by atoms with Gasteiger partial charge in [-0.05, 0) is 18.4 Å². The average Bonchev–Trinajstić information content (AvgIpc) is 2.48. The molecular weight excluding hydrogens is 266 g/mol. The number of carbonyl (C=O) groups is 2. The van der Waals surface area contributed by atoms with E-state index in [-0.39, 0.29) is 23.8 Å². The molecule has 1 aliphatic heterocycles. The Morgan fingerprint density at radius 2 is 2.10 bits per heavy atom. The number of benzene rings is 1. The van der Waals surface area contributed by atoms with Crippen LogP contribution < -0.4 is 11.1 Å². The first-order chi connectivity index (χ1) is 10.1. The van der Waals surface area contributed by atoms with Gasteiger partial charge in [-0.15, -0.1) is 0 Å². The zero-order valence-corrected chi connectivity index (χ0v) is 12.4. The highest BCUT2D eigenvalue weighted by molar-refractivity contribution is 5.84. The van der Waals surface area contributed by atoms with Gasteiger partial charge in [0, 0.05) is 32.6 Å². The number of rotatable bonds is 4. The van der Waals surface area contributed by atoms with Crippen molar-refractivity contribution in [1.29, 1.82) is 0 Å². The van der Waals surface area contributed by atoms with Gasteiger partial charge in [0.2, 0.25) is 11.8 Å². The molecule has 2 amide bonds. The number of piperidine rings is 1. The van der Waals surface area contributed by atoms with Gasteiger partial charge in [0.25, 0.3) is 0 Å². The molecule has 5 heteroatoms. The summed E-state index contributed by atoms with van der Waals surface area (Å²) in [4.78, 5) is 25.7. The third kappa shape index (κ3) is 4.04. The van der Waals surface area contributed by atoms with E-state index in [9.17, 15) is 9.59 Å². The Balaban J connectivity index is 2.05. The third-order valence-corrected chi connectivity index (χ3v) is 3.88. The van der Waals surface area contributed by atoms with Crippen LogP contribution in [0.5, 0.6) is 0 Å². The molecule has 0 radical (unpaired) electrons. The number of likely N-dealkylation sites (tertiary alicyclic amines) is 1. The summed E-state index contributed by atoms with van der Waals surface area (Å²) in [6, 6.07) is 9.68. The van der Waals surface area contributed by atoms with Crippen LogP contribution in [0.3, 0.4) is 0 Å². The minimum Gasteiger partial charge on any atom is -0.352 e. The van der Waals surface area contributed by atoms with Crippen molar-refractivity contribution in [3.8, 4) is 0 Å². The van der Waals surface area contributed by atoms with Crippen LogP contribution in [0.25, 0.3) is 0 Å². The molecule has 1 saturated heterocycles. The molecular formula is C16H23N3O2. The van der Waals surface area contributed by atoms with Crippen LogP contribution in [0.15, 0.2) is 30.3 Å². The van der Waals surface area contributed by atoms with Crippen LogP contribution >= 0.6 is 0 Å². The molecule has 3 N–H and O–H groups in total. The zero-order chi connectivity index (χ0) is 15.2. The maximum absolute atomic E-state index is 12.7. The summed E-state index contributed by atoms with van der Waals surface area (Å²) < 4.78 is 0. The maximum Gasteiger partial charge on any atom is 0.231 e. The van der Waals surface area contributed by atoms with Crippen LogP contribution in [-0.4, -0.2) is 42.4 Å². The standard InChI is InChI=1S/C16H23N3O2/c1-12(20)18-14-8-5-9-19(11-14)16(21)15(10-17)13-6-3-2-4-7-13/h2-4,6-7,14-15H,5,8-11,17H2,1H3,(H,18,20)/t14-,15-/m0/s1. The highest BCUT2D eigenvalue weighted by Gasteiger charge is 2.29. The van der Waals surface area contributed by atoms with Gasteiger partial charge in [0.15, 0.2) is 0 Å². The van der Waals surface area contributed by atoms with Crippen LogP contribution in [0.2, 0.25) is 0 Å². The van der Waals surface area contributed by atoms with Gasteiger partial charge < -0.3 is 16.0 Å². The van der Waals surface area contributed by atoms with E-state index in [2.05, 4.69) is 5.32 Å². The lowest BCUT2D eigenvalue weighted by Gasteiger charge is -2.35. The van der Waals surface area contributed by atoms with E-state index < -0.39 is 0 Å². The van der Waals surface area contributed by atoms with E-state index in [0.717, 1.165) is 24.9 Å². The third-order valence-electron chi connectivity index (χ3n) is 3.88. The lowest BCUT2D eigenvalue weighted by molar-refractivity contribution is -0.134. The lowest BCUT2D eigenvalue weighted by Crippen LogP contribution is -2.50. The summed E-state index contributed by atoms with van der Waals surface area (Å²) in [5.74, 6) is -0.297. The quantitative estimate of drug-likeness (QED) is 0.863. The SMILES string of the molecule is CC(=O)N[C@H]1CCCN(C(=O)[C@@H](CN)c2ccccc2)C1. The molecule has 1 aromatic carbocycles. The molecule has 0 unspecified atom stereocenters. The first kappa shape index (κ1) is 15.5. The van der Waals surface area contributed by atoms with Gasteiger partial charge in [-0.25, -0.2) is 0 Å². The number of nitrogens with two attached hydrogens (primary N) is 1. The molecule has 5 nitrogen and oxygen atoms in total. The zero-order valence-electron chi connectivity index (χ0n) is 12.4. The van der Waals surface area contributed by atoms with Crippen LogP contribution in [0.1, 0.15) is 31.2 Å². The molecule has 1 heterocycles. The van der Waals surface area contributed by atoms with E-state index in [1.165, 1.54) is 6.92 Å². The van der Waals surface area contributed by atoms with Crippen LogP contribution in [0.4, 0.5) is 0 Å². The number of amides is 2. The smallest absolute Gasteiger partial charge is 0.231 e. The predicted octanol–water partition coefficient (Wildman–Crippen LogP) is 0.856. The Hall–Kier alpha value is -1.88. The molecule has 1 fully saturated rings. The summed E-state index contributed by atoms with van der Waals surface area (Å²) >= 11 is 0. The molecule has 0 spiro atoms. The lowest BCUT2D eigenvalue weighted by atomic mass is 9.96. The Morgan fingerprint density at radius 1 is 1.38 bits per heavy atom. The Morgan fingerprint density at radius 3 is 2.71 bits per heavy atom. The summed E-state index contributed by atoms with van der Waals surface area (Å²) in [6.45, 7) is 3.11. The van der Waals surface area contributed by atoms with Gasteiger partial charge in [0.1, 0.15) is 0 Å². The minimum absolute atomic E-state index is 0.0484. The summed E-state index contributed by atoms with van der Waals surface area (Å²) in [5.41, 5.74) is 6.76. The van der Waals surface area contributed by atoms with Gasteiger partial charge in [0.05, 0.1) is 5.92 Å². The summed E-state index contributed by atoms with van der Waals surface area (Å²) in [5, 5.41) is 2.90. The maximum atomic E-state index is 12.7. The molecule has 0 aromatic heterocycles. The van der Waals surface area contributed by atoms with Crippen LogP contribution in [-0.2, 0) is 9.59 Å². The van der Waals surface area contributed by atoms with Crippen molar-refractivity contribution < 1.29 is 9.59 Å². The minimum atomic E-state index is -0.303. The summed E-state index contributed by atoms with van der Waals surface area (Å²) in [6.07, 6.45) is 1.82. The van der Waals surface area contributed by atoms with Crippen molar-refractivity contribution in [3.05, 3.63) is 35.9 Å². The topological polar surface area (TPSA) is 75.4 Å². The fourth-order valence-electron chi connectivity index (χ4n) is 2.87. The number of hydrogen-bond donors (Lipinski definition) is 2. The van der Waals surface area contributed by atoms with E-state index in [0.29, 0.717) is 13.1 Å². The van der Waals surface area contributed by atoms with Crippen molar-refractivity contribution in [2.75, 3.05) is 19.6 Å². The highest BCUT2D eigenvalue weighted by Crippen LogP contribution is 2.20. The Kier molecular flexibility index (Phi) is 5.33. The van der Waals surface area contributed by atoms with E-state index in [4.69, 9.17) is 5.73 Å². The number of hydrogen-bond acceptors (Lipinski definition) is 3. The van der Waals surface area contributed by atoms with Gasteiger partial charge in [-0.2, -0.15) is 0 Å². The first-order valence-corrected chi connectivity index (χ1v) is 7.42. The molecule has 21 heavy (non-hydrogen) atoms. The van der Waals surface area contributed by atoms with Crippen LogP contribution in [0, 0.1) is 0 Å². The van der Waals surface area contributed by atoms with Crippen molar-refractivity contribution in [1.82, 2.24) is 10.2 Å². The largest absolute Gasteiger partial charge is 0.352 e. The van der Waals surface area contributed by atoms with Crippen molar-refractivity contribution in [2.24, 2.45) is 5.73 Å². The first-order valence-electron chi connectivity index (χ1n) is 7.42. The van der Waals surface area contributed by atoms with E-state index >= 15 is 0 Å². The molecule has 2 rings (SSSR count). The van der Waals surface area contributed by atoms with Gasteiger partial charge >= 0.3 is 0 Å². The van der Waals surface area contributed by atoms with Crippen molar-refractivity contribution >= 4 is 11.8 Å². The fraction of sp³-hybridized carbons (Fsp3) is 0.500. The van der Waals surface area contributed by atoms with Crippen molar-refractivity contribution in [2.45, 2.75) is 31.7 Å². The monoisotopic (exact) mass is 289 g/mol. The van der Waals surface area contributed by atoms with E-state index in [1.807, 2.05) is 35.2 Å². The summed E-state index contributed by atoms with van der Waals surface area (Å²) in [7, 11) is 0. The highest BCUT2D eigenvalue weighted by atomic mass is 16.2. The number of carbonyl (C=O) groups excluding carboxylic acids is 2. The molecule has 1 aromatic rings. The second-order valence-electron chi connectivity index (χ2n) is 5.52. The van der Waals surface area contributed by atoms with E-state index in [1.54, 1.807) is 0 Å². The predicted molar refractivity (Wildman–Crippen MR) is 81.7 cm³/mol. The normalized spacial score (nSPS) is 19.9. The Bertz CT molecular complexity index is 490. The molecule has 1 aliphatic rings. The second kappa shape index (κ2) is 7.22. The molecule has 0 aliphatic carbocycles. The van der Waals surface area contributed by atoms with Crippen molar-refractivity contribution in [3.63, 3.8) is 0 Å². The van der Waals surface area contributed by atoms with Gasteiger partial charge in [-0.3, -0.25) is 9.59 Å². The molecule has 2 atom stereocenters. The molecule has 114 valence electrons. The average molecular weight is 289 g/mol. The second-order valence-corrected chi connectivity index (χ2v) is 5.52. The Labute approximate surface area is 125 Å². The van der Waals surface area contributed by atoms with Gasteiger partial charge in [-0.1, -0.05) is 30.3 Å². The number of nitrogens with one attached hydrogen (secondary N) is 1. The fourth-order valence-corrected chi connectivity index (χ4v) is 2.87. The molecule has 0 bridgehead atoms. The molecule has 0 saturated carbocycles. The number of nitrogens with zero attached hydrogens (tertiary/aromatic N) is 1.